The molecule has 0 unspecified atom stereocenters. The minimum Gasteiger partial charge on any atom is -0.472 e. The summed E-state index contributed by atoms with van der Waals surface area (Å²) < 4.78 is 17.0. The predicted octanol–water partition coefficient (Wildman–Crippen LogP) is -1.19. The van der Waals surface area contributed by atoms with Gasteiger partial charge in [0.1, 0.15) is 0 Å². The topological polar surface area (TPSA) is 26.3 Å². The molecule has 0 aliphatic heterocycles. The molecule has 0 saturated heterocycles. The van der Waals surface area contributed by atoms with Crippen LogP contribution in [0.2, 0.25) is 0 Å². The van der Waals surface area contributed by atoms with Crippen molar-refractivity contribution in [3.63, 3.8) is 0 Å². The van der Waals surface area contributed by atoms with E-state index in [1.807, 2.05) is 0 Å². The van der Waals surface area contributed by atoms with Gasteiger partial charge in [-0.1, -0.05) is 5.56 Å². The molecule has 0 spiro atoms. The van der Waals surface area contributed by atoms with Crippen LogP contribution in [0.25, 0.3) is 0 Å². The summed E-state index contributed by atoms with van der Waals surface area (Å²) in [5.41, 5.74) is 0.318. The van der Waals surface area contributed by atoms with E-state index in [-0.39, 0.29) is 58.2 Å². The van der Waals surface area contributed by atoms with Gasteiger partial charge in [0.2, 0.25) is 0 Å². The van der Waals surface area contributed by atoms with Gasteiger partial charge in [0.15, 0.2) is 0 Å². The molecule has 0 N–H and O–H groups in total. The standard InChI is InChI=1S/C9H8FO2.Rb/c1-2-12-9(11)7-3-5-8(10)6-4-7;/h3-5H,2H2,1H3;/q-1;+1. The number of esters is 1. The summed E-state index contributed by atoms with van der Waals surface area (Å²) in [4.78, 5) is 11.0. The number of carbonyl (C=O) groups is 1. The summed E-state index contributed by atoms with van der Waals surface area (Å²) in [6.07, 6.45) is 0. The number of ether oxygens (including phenoxy) is 1. The molecule has 0 aliphatic carbocycles. The second-order valence-corrected chi connectivity index (χ2v) is 2.15. The zero-order valence-corrected chi connectivity index (χ0v) is 12.5. The van der Waals surface area contributed by atoms with Crippen molar-refractivity contribution >= 4 is 5.97 Å². The van der Waals surface area contributed by atoms with Crippen molar-refractivity contribution in [2.75, 3.05) is 6.61 Å². The Morgan fingerprint density at radius 1 is 1.62 bits per heavy atom. The first-order chi connectivity index (χ1) is 5.74. The smallest absolute Gasteiger partial charge is 0.472 e. The molecule has 1 aromatic carbocycles. The summed E-state index contributed by atoms with van der Waals surface area (Å²) in [6.45, 7) is 2.03. The van der Waals surface area contributed by atoms with Gasteiger partial charge in [-0.2, -0.15) is 12.1 Å². The fraction of sp³-hybridized carbons (Fsp3) is 0.222. The van der Waals surface area contributed by atoms with Gasteiger partial charge in [-0.15, -0.1) is 12.1 Å². The van der Waals surface area contributed by atoms with Crippen molar-refractivity contribution < 1.29 is 72.1 Å². The van der Waals surface area contributed by atoms with Crippen LogP contribution in [-0.2, 0) is 4.74 Å². The summed E-state index contributed by atoms with van der Waals surface area (Å²) in [6, 6.07) is 6.08. The average molecular weight is 253 g/mol. The van der Waals surface area contributed by atoms with Gasteiger partial charge in [0, 0.05) is 5.82 Å². The second kappa shape index (κ2) is 6.82. The predicted molar refractivity (Wildman–Crippen MR) is 41.2 cm³/mol. The van der Waals surface area contributed by atoms with Crippen LogP contribution in [0, 0.1) is 11.9 Å². The normalized spacial score (nSPS) is 8.77. The molecule has 4 heteroatoms. The third-order valence-corrected chi connectivity index (χ3v) is 1.29. The van der Waals surface area contributed by atoms with Crippen molar-refractivity contribution in [2.24, 2.45) is 0 Å². The second-order valence-electron chi connectivity index (χ2n) is 2.15. The Labute approximate surface area is 125 Å². The largest absolute Gasteiger partial charge is 1.00 e. The van der Waals surface area contributed by atoms with Crippen molar-refractivity contribution in [3.8, 4) is 0 Å². The number of hydrogen-bond acceptors (Lipinski definition) is 2. The average Bonchev–Trinajstić information content (AvgIpc) is 2.06. The first-order valence-corrected chi connectivity index (χ1v) is 3.58. The fourth-order valence-corrected chi connectivity index (χ4v) is 0.747. The van der Waals surface area contributed by atoms with Gasteiger partial charge in [-0.25, -0.2) is 4.39 Å². The zero-order chi connectivity index (χ0) is 8.97. The minimum absolute atomic E-state index is 0. The van der Waals surface area contributed by atoms with Gasteiger partial charge in [0.25, 0.3) is 5.97 Å². The third-order valence-electron chi connectivity index (χ3n) is 1.29. The maximum Gasteiger partial charge on any atom is 1.00 e. The number of carbonyl (C=O) groups excluding carboxylic acids is 1. The number of benzene rings is 1. The van der Waals surface area contributed by atoms with Crippen LogP contribution in [0.1, 0.15) is 17.3 Å². The number of halogens is 1. The Morgan fingerprint density at radius 2 is 2.31 bits per heavy atom. The molecule has 0 aliphatic rings. The first kappa shape index (κ1) is 13.4. The molecule has 0 saturated carbocycles. The van der Waals surface area contributed by atoms with Crippen molar-refractivity contribution in [1.82, 2.24) is 0 Å². The summed E-state index contributed by atoms with van der Waals surface area (Å²) in [5.74, 6) is -0.934. The molecule has 1 aromatic rings. The first-order valence-electron chi connectivity index (χ1n) is 3.58. The van der Waals surface area contributed by atoms with E-state index in [1.165, 1.54) is 18.2 Å². The molecule has 0 radical (unpaired) electrons. The van der Waals surface area contributed by atoms with Crippen LogP contribution in [-0.4, -0.2) is 12.6 Å². The Balaban J connectivity index is 0.00000144. The quantitative estimate of drug-likeness (QED) is 0.489. The molecule has 0 heterocycles. The summed E-state index contributed by atoms with van der Waals surface area (Å²) in [5, 5.41) is 0. The molecular formula is C9H8FO2Rb. The van der Waals surface area contributed by atoms with Crippen LogP contribution >= 0.6 is 0 Å². The van der Waals surface area contributed by atoms with E-state index in [1.54, 1.807) is 6.92 Å². The fourth-order valence-electron chi connectivity index (χ4n) is 0.747. The van der Waals surface area contributed by atoms with Gasteiger partial charge in [-0.05, 0) is 6.92 Å². The minimum atomic E-state index is -0.483. The third kappa shape index (κ3) is 4.45. The van der Waals surface area contributed by atoms with E-state index < -0.39 is 11.8 Å². The summed E-state index contributed by atoms with van der Waals surface area (Å²) in [7, 11) is 0. The van der Waals surface area contributed by atoms with Gasteiger partial charge >= 0.3 is 58.2 Å². The SMILES string of the molecule is CCOC(=O)c1c[c-]c(F)cc1.[Rb+]. The molecule has 2 nitrogen and oxygen atoms in total. The Hall–Kier alpha value is 0.425. The molecule has 0 fully saturated rings. The van der Waals surface area contributed by atoms with Crippen molar-refractivity contribution in [3.05, 3.63) is 35.6 Å². The van der Waals surface area contributed by atoms with Crippen LogP contribution in [0.4, 0.5) is 4.39 Å². The van der Waals surface area contributed by atoms with E-state index in [4.69, 9.17) is 0 Å². The maximum absolute atomic E-state index is 12.3. The van der Waals surface area contributed by atoms with Gasteiger partial charge in [0.05, 0.1) is 6.61 Å². The molecule has 13 heavy (non-hydrogen) atoms. The van der Waals surface area contributed by atoms with Crippen LogP contribution in [0.5, 0.6) is 0 Å². The molecule has 0 bridgehead atoms. The molecule has 64 valence electrons. The van der Waals surface area contributed by atoms with Crippen LogP contribution in [0.3, 0.4) is 0 Å². The number of hydrogen-bond donors (Lipinski definition) is 0. The van der Waals surface area contributed by atoms with E-state index >= 15 is 0 Å². The van der Waals surface area contributed by atoms with Crippen LogP contribution in [0.15, 0.2) is 18.2 Å². The van der Waals surface area contributed by atoms with Gasteiger partial charge in [-0.3, -0.25) is 4.79 Å². The van der Waals surface area contributed by atoms with Gasteiger partial charge < -0.3 is 4.74 Å². The van der Waals surface area contributed by atoms with E-state index in [2.05, 4.69) is 10.8 Å². The molecule has 0 amide bonds. The Kier molecular flexibility index (Phi) is 7.04. The van der Waals surface area contributed by atoms with E-state index in [0.717, 1.165) is 0 Å². The van der Waals surface area contributed by atoms with Crippen molar-refractivity contribution in [1.29, 1.82) is 0 Å². The maximum atomic E-state index is 12.3. The van der Waals surface area contributed by atoms with E-state index in [9.17, 15) is 9.18 Å². The number of rotatable bonds is 2. The molecule has 0 aromatic heterocycles. The molecular weight excluding hydrogens is 245 g/mol. The Morgan fingerprint density at radius 3 is 2.77 bits per heavy atom. The summed E-state index contributed by atoms with van der Waals surface area (Å²) >= 11 is 0. The Bertz CT molecular complexity index is 271. The molecule has 0 atom stereocenters. The van der Waals surface area contributed by atoms with Crippen LogP contribution < -0.4 is 58.2 Å². The monoisotopic (exact) mass is 252 g/mol. The molecule has 1 rings (SSSR count). The van der Waals surface area contributed by atoms with E-state index in [0.29, 0.717) is 12.2 Å². The van der Waals surface area contributed by atoms with Crippen molar-refractivity contribution in [2.45, 2.75) is 6.92 Å². The zero-order valence-electron chi connectivity index (χ0n) is 7.63.